The van der Waals surface area contributed by atoms with Crippen LogP contribution in [0.15, 0.2) is 77.4 Å². The molecule has 0 saturated heterocycles. The van der Waals surface area contributed by atoms with Crippen LogP contribution >= 0.6 is 11.6 Å². The first-order valence-electron chi connectivity index (χ1n) is 10.0. The lowest BCUT2D eigenvalue weighted by atomic mass is 9.99. The highest BCUT2D eigenvalue weighted by Crippen LogP contribution is 2.37. The Hall–Kier alpha value is -3.57. The third-order valence-corrected chi connectivity index (χ3v) is 5.46. The number of hydrogen-bond donors (Lipinski definition) is 1. The molecule has 162 valence electrons. The Kier molecular flexibility index (Phi) is 6.28. The SMILES string of the molecule is COc1cc2occ(-c3ccc(F)cc3)c2cc1/C(C)=C/C(=O)NCc1ccc(Cl)cc1. The molecule has 3 aromatic carbocycles. The lowest BCUT2D eigenvalue weighted by Gasteiger charge is -2.10. The molecule has 4 nitrogen and oxygen atoms in total. The van der Waals surface area contributed by atoms with Gasteiger partial charge in [0.2, 0.25) is 5.91 Å². The summed E-state index contributed by atoms with van der Waals surface area (Å²) in [6.45, 7) is 2.25. The minimum Gasteiger partial charge on any atom is -0.496 e. The number of halogens is 2. The van der Waals surface area contributed by atoms with Gasteiger partial charge in [0, 0.05) is 40.2 Å². The molecule has 0 aliphatic rings. The number of hydrogen-bond acceptors (Lipinski definition) is 3. The van der Waals surface area contributed by atoms with Crippen molar-refractivity contribution in [3.8, 4) is 16.9 Å². The van der Waals surface area contributed by atoms with Gasteiger partial charge in [0.1, 0.15) is 17.1 Å². The van der Waals surface area contributed by atoms with E-state index in [1.165, 1.54) is 18.2 Å². The van der Waals surface area contributed by atoms with Crippen molar-refractivity contribution >= 4 is 34.1 Å². The van der Waals surface area contributed by atoms with Gasteiger partial charge in [-0.1, -0.05) is 35.9 Å². The molecule has 0 radical (unpaired) electrons. The molecule has 4 rings (SSSR count). The van der Waals surface area contributed by atoms with Crippen molar-refractivity contribution in [2.24, 2.45) is 0 Å². The largest absolute Gasteiger partial charge is 0.496 e. The quantitative estimate of drug-likeness (QED) is 0.336. The second-order valence-corrected chi connectivity index (χ2v) is 7.81. The molecular formula is C26H21ClFNO3. The standard InChI is InChI=1S/C26H21ClFNO3/c1-16(11-26(30)29-14-17-3-7-19(27)8-4-17)21-12-22-23(18-5-9-20(28)10-6-18)15-32-25(22)13-24(21)31-2/h3-13,15H,14H2,1-2H3,(H,29,30)/b16-11+. The summed E-state index contributed by atoms with van der Waals surface area (Å²) >= 11 is 5.90. The molecule has 1 aromatic heterocycles. The predicted octanol–water partition coefficient (Wildman–Crippen LogP) is 6.62. The monoisotopic (exact) mass is 449 g/mol. The molecule has 0 unspecified atom stereocenters. The van der Waals surface area contributed by atoms with E-state index in [0.717, 1.165) is 33.2 Å². The van der Waals surface area contributed by atoms with E-state index in [9.17, 15) is 9.18 Å². The highest BCUT2D eigenvalue weighted by molar-refractivity contribution is 6.30. The van der Waals surface area contributed by atoms with E-state index in [1.54, 1.807) is 43.7 Å². The van der Waals surface area contributed by atoms with Crippen LogP contribution in [0.2, 0.25) is 5.02 Å². The molecule has 1 amide bonds. The topological polar surface area (TPSA) is 51.5 Å². The molecule has 0 saturated carbocycles. The molecule has 1 heterocycles. The molecule has 0 aliphatic heterocycles. The number of ether oxygens (including phenoxy) is 1. The van der Waals surface area contributed by atoms with Gasteiger partial charge in [-0.05, 0) is 54.0 Å². The van der Waals surface area contributed by atoms with Gasteiger partial charge in [0.05, 0.1) is 13.4 Å². The maximum atomic E-state index is 13.3. The molecule has 4 aromatic rings. The summed E-state index contributed by atoms with van der Waals surface area (Å²) < 4.78 is 24.6. The maximum absolute atomic E-state index is 13.3. The summed E-state index contributed by atoms with van der Waals surface area (Å²) in [4.78, 5) is 12.5. The number of benzene rings is 3. The lowest BCUT2D eigenvalue weighted by molar-refractivity contribution is -0.116. The van der Waals surface area contributed by atoms with Gasteiger partial charge in [-0.3, -0.25) is 4.79 Å². The van der Waals surface area contributed by atoms with E-state index in [-0.39, 0.29) is 11.7 Å². The number of rotatable bonds is 6. The number of carbonyl (C=O) groups excluding carboxylic acids is 1. The van der Waals surface area contributed by atoms with Crippen LogP contribution in [0.5, 0.6) is 5.75 Å². The fourth-order valence-corrected chi connectivity index (χ4v) is 3.63. The molecule has 0 aliphatic carbocycles. The summed E-state index contributed by atoms with van der Waals surface area (Å²) in [6.07, 6.45) is 3.18. The Morgan fingerprint density at radius 2 is 1.84 bits per heavy atom. The first kappa shape index (κ1) is 21.7. The molecule has 0 fully saturated rings. The Balaban J connectivity index is 1.62. The minimum atomic E-state index is -0.299. The van der Waals surface area contributed by atoms with Gasteiger partial charge in [0.25, 0.3) is 0 Å². The van der Waals surface area contributed by atoms with Crippen molar-refractivity contribution in [3.05, 3.63) is 95.0 Å². The molecule has 0 bridgehead atoms. The van der Waals surface area contributed by atoms with Crippen molar-refractivity contribution in [1.29, 1.82) is 0 Å². The number of fused-ring (bicyclic) bond motifs is 1. The second-order valence-electron chi connectivity index (χ2n) is 7.38. The lowest BCUT2D eigenvalue weighted by Crippen LogP contribution is -2.20. The van der Waals surface area contributed by atoms with Crippen LogP contribution < -0.4 is 10.1 Å². The normalized spacial score (nSPS) is 11.6. The third-order valence-electron chi connectivity index (χ3n) is 5.20. The zero-order valence-electron chi connectivity index (χ0n) is 17.6. The van der Waals surface area contributed by atoms with Crippen molar-refractivity contribution < 1.29 is 18.3 Å². The van der Waals surface area contributed by atoms with E-state index in [4.69, 9.17) is 20.8 Å². The fraction of sp³-hybridized carbons (Fsp3) is 0.115. The average molecular weight is 450 g/mol. The van der Waals surface area contributed by atoms with E-state index >= 15 is 0 Å². The Labute approximate surface area is 190 Å². The van der Waals surface area contributed by atoms with Crippen molar-refractivity contribution in [3.63, 3.8) is 0 Å². The summed E-state index contributed by atoms with van der Waals surface area (Å²) in [5.41, 5.74) is 4.78. The van der Waals surface area contributed by atoms with Crippen molar-refractivity contribution in [1.82, 2.24) is 5.32 Å². The Morgan fingerprint density at radius 1 is 1.12 bits per heavy atom. The minimum absolute atomic E-state index is 0.217. The molecular weight excluding hydrogens is 429 g/mol. The molecule has 0 atom stereocenters. The van der Waals surface area contributed by atoms with E-state index < -0.39 is 0 Å². The molecule has 0 spiro atoms. The summed E-state index contributed by atoms with van der Waals surface area (Å²) in [5.74, 6) is 0.0783. The number of amides is 1. The van der Waals surface area contributed by atoms with Gasteiger partial charge in [0.15, 0.2) is 0 Å². The highest BCUT2D eigenvalue weighted by Gasteiger charge is 2.15. The van der Waals surface area contributed by atoms with Gasteiger partial charge in [-0.15, -0.1) is 0 Å². The van der Waals surface area contributed by atoms with Gasteiger partial charge >= 0.3 is 0 Å². The molecule has 6 heteroatoms. The highest BCUT2D eigenvalue weighted by atomic mass is 35.5. The van der Waals surface area contributed by atoms with E-state index in [2.05, 4.69) is 5.32 Å². The van der Waals surface area contributed by atoms with Gasteiger partial charge in [-0.25, -0.2) is 4.39 Å². The van der Waals surface area contributed by atoms with Crippen LogP contribution in [0.3, 0.4) is 0 Å². The van der Waals surface area contributed by atoms with Crippen molar-refractivity contribution in [2.75, 3.05) is 7.11 Å². The maximum Gasteiger partial charge on any atom is 0.244 e. The number of allylic oxidation sites excluding steroid dienone is 1. The number of methoxy groups -OCH3 is 1. The summed E-state index contributed by atoms with van der Waals surface area (Å²) in [5, 5.41) is 4.38. The smallest absolute Gasteiger partial charge is 0.244 e. The zero-order chi connectivity index (χ0) is 22.7. The second kappa shape index (κ2) is 9.28. The van der Waals surface area contributed by atoms with Gasteiger partial charge in [-0.2, -0.15) is 0 Å². The first-order chi connectivity index (χ1) is 15.4. The molecule has 32 heavy (non-hydrogen) atoms. The fourth-order valence-electron chi connectivity index (χ4n) is 3.50. The number of furan rings is 1. The van der Waals surface area contributed by atoms with E-state index in [0.29, 0.717) is 22.9 Å². The van der Waals surface area contributed by atoms with Crippen LogP contribution in [0.4, 0.5) is 4.39 Å². The first-order valence-corrected chi connectivity index (χ1v) is 10.4. The third kappa shape index (κ3) is 4.68. The number of nitrogens with one attached hydrogen (secondary N) is 1. The summed E-state index contributed by atoms with van der Waals surface area (Å²) in [6, 6.07) is 17.3. The number of carbonyl (C=O) groups is 1. The van der Waals surface area contributed by atoms with Gasteiger partial charge < -0.3 is 14.5 Å². The Morgan fingerprint density at radius 3 is 2.53 bits per heavy atom. The van der Waals surface area contributed by atoms with Crippen LogP contribution in [0.25, 0.3) is 27.7 Å². The predicted molar refractivity (Wildman–Crippen MR) is 125 cm³/mol. The van der Waals surface area contributed by atoms with Crippen LogP contribution in [-0.4, -0.2) is 13.0 Å². The zero-order valence-corrected chi connectivity index (χ0v) is 18.4. The molecule has 1 N–H and O–H groups in total. The Bertz CT molecular complexity index is 1290. The average Bonchev–Trinajstić information content (AvgIpc) is 3.21. The summed E-state index contributed by atoms with van der Waals surface area (Å²) in [7, 11) is 1.57. The van der Waals surface area contributed by atoms with E-state index in [1.807, 2.05) is 25.1 Å². The van der Waals surface area contributed by atoms with Crippen LogP contribution in [0, 0.1) is 5.82 Å². The van der Waals surface area contributed by atoms with Crippen molar-refractivity contribution in [2.45, 2.75) is 13.5 Å². The van der Waals surface area contributed by atoms with Crippen LogP contribution in [-0.2, 0) is 11.3 Å². The van der Waals surface area contributed by atoms with Crippen LogP contribution in [0.1, 0.15) is 18.1 Å².